The van der Waals surface area contributed by atoms with Crippen molar-refractivity contribution in [1.29, 1.82) is 0 Å². The van der Waals surface area contributed by atoms with E-state index in [1.807, 2.05) is 48.9 Å². The third-order valence-electron chi connectivity index (χ3n) is 8.27. The van der Waals surface area contributed by atoms with E-state index in [2.05, 4.69) is 39.0 Å². The van der Waals surface area contributed by atoms with Crippen LogP contribution in [0.2, 0.25) is 0 Å². The Labute approximate surface area is 251 Å². The van der Waals surface area contributed by atoms with Crippen LogP contribution in [-0.4, -0.2) is 54.9 Å². The average molecular weight is 580 g/mol. The number of anilines is 3. The van der Waals surface area contributed by atoms with Crippen molar-refractivity contribution < 1.29 is 14.3 Å². The molecule has 1 aromatic heterocycles. The number of aromatic nitrogens is 2. The summed E-state index contributed by atoms with van der Waals surface area (Å²) in [6.45, 7) is 8.82. The molecule has 2 amide bonds. The van der Waals surface area contributed by atoms with E-state index < -0.39 is 5.91 Å². The van der Waals surface area contributed by atoms with E-state index in [9.17, 15) is 9.59 Å². The maximum atomic E-state index is 12.9. The molecule has 0 saturated carbocycles. The van der Waals surface area contributed by atoms with Crippen molar-refractivity contribution in [3.63, 3.8) is 0 Å². The van der Waals surface area contributed by atoms with Gasteiger partial charge in [0, 0.05) is 56.2 Å². The molecule has 1 saturated heterocycles. The lowest BCUT2D eigenvalue weighted by molar-refractivity contribution is 0.0946. The summed E-state index contributed by atoms with van der Waals surface area (Å²) in [6, 6.07) is 17.8. The van der Waals surface area contributed by atoms with Gasteiger partial charge in [0.25, 0.3) is 11.8 Å². The van der Waals surface area contributed by atoms with Crippen molar-refractivity contribution in [2.24, 2.45) is 5.73 Å². The molecule has 43 heavy (non-hydrogen) atoms. The minimum absolute atomic E-state index is 0.208. The van der Waals surface area contributed by atoms with Gasteiger partial charge in [-0.1, -0.05) is 18.2 Å². The van der Waals surface area contributed by atoms with Crippen LogP contribution in [0.25, 0.3) is 11.3 Å². The molecule has 10 heteroatoms. The fourth-order valence-electron chi connectivity index (χ4n) is 5.87. The minimum Gasteiger partial charge on any atom is -0.496 e. The summed E-state index contributed by atoms with van der Waals surface area (Å²) in [7, 11) is 1.56. The standard InChI is InChI=1S/C33H37N7O3/c1-20-4-8-26(28(16-20)43-3)33(42)36-19-24-6-5-23(17-21(24)2)30-29(31(34)41)32-37-27-9-7-25(39-14-11-35-12-15-39)18-22(27)10-13-40(32)38-30/h4-9,16-18,35,37H,10-15,19H2,1-3H3,(H2,34,41)(H,36,42). The van der Waals surface area contributed by atoms with Gasteiger partial charge < -0.3 is 31.3 Å². The average Bonchev–Trinajstić information content (AvgIpc) is 3.28. The largest absolute Gasteiger partial charge is 0.496 e. The molecule has 0 radical (unpaired) electrons. The Morgan fingerprint density at radius 3 is 2.58 bits per heavy atom. The van der Waals surface area contributed by atoms with E-state index in [1.54, 1.807) is 13.2 Å². The van der Waals surface area contributed by atoms with Crippen LogP contribution < -0.4 is 31.3 Å². The van der Waals surface area contributed by atoms with Crippen LogP contribution >= 0.6 is 0 Å². The van der Waals surface area contributed by atoms with Crippen molar-refractivity contribution >= 4 is 29.0 Å². The number of primary amides is 1. The van der Waals surface area contributed by atoms with Crippen LogP contribution in [0.5, 0.6) is 5.75 Å². The van der Waals surface area contributed by atoms with E-state index in [0.29, 0.717) is 41.5 Å². The maximum absolute atomic E-state index is 12.9. The fourth-order valence-corrected chi connectivity index (χ4v) is 5.87. The summed E-state index contributed by atoms with van der Waals surface area (Å²) in [5, 5.41) is 14.7. The Morgan fingerprint density at radius 1 is 1.02 bits per heavy atom. The van der Waals surface area contributed by atoms with Crippen LogP contribution in [0.15, 0.2) is 54.6 Å². The molecule has 0 unspecified atom stereocenters. The molecular weight excluding hydrogens is 542 g/mol. The Kier molecular flexibility index (Phi) is 7.77. The smallest absolute Gasteiger partial charge is 0.255 e. The molecule has 5 N–H and O–H groups in total. The van der Waals surface area contributed by atoms with Crippen LogP contribution in [0.1, 0.15) is 43.0 Å². The van der Waals surface area contributed by atoms with Gasteiger partial charge in [-0.05, 0) is 78.9 Å². The number of benzene rings is 3. The number of hydrogen-bond acceptors (Lipinski definition) is 7. The first kappa shape index (κ1) is 28.3. The summed E-state index contributed by atoms with van der Waals surface area (Å²) >= 11 is 0. The van der Waals surface area contributed by atoms with Crippen molar-refractivity contribution in [3.05, 3.63) is 88.0 Å². The van der Waals surface area contributed by atoms with Gasteiger partial charge in [0.1, 0.15) is 22.8 Å². The lowest BCUT2D eigenvalue weighted by Gasteiger charge is -2.30. The van der Waals surface area contributed by atoms with Gasteiger partial charge in [0.15, 0.2) is 0 Å². The van der Waals surface area contributed by atoms with Crippen molar-refractivity contribution in [2.75, 3.05) is 43.5 Å². The number of rotatable bonds is 7. The van der Waals surface area contributed by atoms with Crippen molar-refractivity contribution in [2.45, 2.75) is 33.4 Å². The number of ether oxygens (including phenoxy) is 1. The summed E-state index contributed by atoms with van der Waals surface area (Å²) < 4.78 is 7.24. The predicted molar refractivity (Wildman–Crippen MR) is 168 cm³/mol. The lowest BCUT2D eigenvalue weighted by Crippen LogP contribution is -2.43. The number of carbonyl (C=O) groups excluding carboxylic acids is 2. The second-order valence-corrected chi connectivity index (χ2v) is 11.1. The monoisotopic (exact) mass is 579 g/mol. The highest BCUT2D eigenvalue weighted by Crippen LogP contribution is 2.36. The zero-order valence-corrected chi connectivity index (χ0v) is 24.8. The highest BCUT2D eigenvalue weighted by molar-refractivity contribution is 6.04. The van der Waals surface area contributed by atoms with E-state index in [4.69, 9.17) is 15.6 Å². The molecule has 3 heterocycles. The number of amides is 2. The molecule has 2 aliphatic rings. The second-order valence-electron chi connectivity index (χ2n) is 11.1. The number of piperazine rings is 1. The molecular formula is C33H37N7O3. The molecule has 3 aromatic carbocycles. The quantitative estimate of drug-likeness (QED) is 0.262. The van der Waals surface area contributed by atoms with Gasteiger partial charge in [0.05, 0.1) is 12.7 Å². The van der Waals surface area contributed by atoms with Crippen LogP contribution in [0, 0.1) is 13.8 Å². The van der Waals surface area contributed by atoms with Gasteiger partial charge in [-0.25, -0.2) is 4.68 Å². The molecule has 222 valence electrons. The van der Waals surface area contributed by atoms with Crippen molar-refractivity contribution in [3.8, 4) is 17.0 Å². The Balaban J connectivity index is 1.23. The number of nitrogens with zero attached hydrogens (tertiary/aromatic N) is 3. The highest BCUT2D eigenvalue weighted by Gasteiger charge is 2.27. The van der Waals surface area contributed by atoms with Crippen molar-refractivity contribution in [1.82, 2.24) is 20.4 Å². The summed E-state index contributed by atoms with van der Waals surface area (Å²) in [5.41, 5.74) is 14.4. The summed E-state index contributed by atoms with van der Waals surface area (Å²) in [6.07, 6.45) is 0.776. The minimum atomic E-state index is -0.536. The van der Waals surface area contributed by atoms with Gasteiger partial charge in [0.2, 0.25) is 0 Å². The third-order valence-corrected chi connectivity index (χ3v) is 8.27. The van der Waals surface area contributed by atoms with E-state index >= 15 is 0 Å². The van der Waals surface area contributed by atoms with Crippen LogP contribution in [0.3, 0.4) is 0 Å². The number of carbonyl (C=O) groups is 2. The first-order chi connectivity index (χ1) is 20.8. The number of aryl methyl sites for hydroxylation is 4. The second kappa shape index (κ2) is 11.8. The molecule has 4 aromatic rings. The first-order valence-corrected chi connectivity index (χ1v) is 14.6. The first-order valence-electron chi connectivity index (χ1n) is 14.6. The molecule has 0 atom stereocenters. The predicted octanol–water partition coefficient (Wildman–Crippen LogP) is 3.91. The zero-order chi connectivity index (χ0) is 30.1. The number of nitrogens with one attached hydrogen (secondary N) is 3. The molecule has 0 bridgehead atoms. The van der Waals surface area contributed by atoms with Gasteiger partial charge >= 0.3 is 0 Å². The Hall–Kier alpha value is -4.83. The summed E-state index contributed by atoms with van der Waals surface area (Å²) in [4.78, 5) is 28.1. The third kappa shape index (κ3) is 5.65. The molecule has 10 nitrogen and oxygen atoms in total. The number of hydrogen-bond donors (Lipinski definition) is 4. The van der Waals surface area contributed by atoms with Gasteiger partial charge in [-0.15, -0.1) is 0 Å². The zero-order valence-electron chi connectivity index (χ0n) is 24.8. The Bertz CT molecular complexity index is 1710. The number of nitrogens with two attached hydrogens (primary N) is 1. The fraction of sp³-hybridized carbons (Fsp3) is 0.303. The summed E-state index contributed by atoms with van der Waals surface area (Å²) in [5.74, 6) is 0.405. The van der Waals surface area contributed by atoms with Gasteiger partial charge in [-0.2, -0.15) is 5.10 Å². The van der Waals surface area contributed by atoms with Crippen LogP contribution in [0.4, 0.5) is 17.2 Å². The number of methoxy groups -OCH3 is 1. The lowest BCUT2D eigenvalue weighted by atomic mass is 10.0. The SMILES string of the molecule is COc1cc(C)ccc1C(=O)NCc1ccc(-c2nn3c(c2C(N)=O)Nc2ccc(N4CCNCC4)cc2CC3)cc1C. The Morgan fingerprint density at radius 2 is 1.84 bits per heavy atom. The number of fused-ring (bicyclic) bond motifs is 2. The van der Waals surface area contributed by atoms with E-state index in [-0.39, 0.29) is 5.91 Å². The van der Waals surface area contributed by atoms with Gasteiger partial charge in [-0.3, -0.25) is 9.59 Å². The molecule has 2 aliphatic heterocycles. The normalized spacial score (nSPS) is 14.3. The van der Waals surface area contributed by atoms with E-state index in [1.165, 1.54) is 11.3 Å². The van der Waals surface area contributed by atoms with E-state index in [0.717, 1.165) is 60.5 Å². The molecule has 0 aliphatic carbocycles. The topological polar surface area (TPSA) is 127 Å². The molecule has 6 rings (SSSR count). The highest BCUT2D eigenvalue weighted by atomic mass is 16.5. The van der Waals surface area contributed by atoms with Crippen LogP contribution in [-0.2, 0) is 19.5 Å². The molecule has 1 fully saturated rings. The maximum Gasteiger partial charge on any atom is 0.255 e. The molecule has 0 spiro atoms.